The van der Waals surface area contributed by atoms with Crippen molar-refractivity contribution in [2.24, 2.45) is 7.05 Å². The zero-order valence-electron chi connectivity index (χ0n) is 25.9. The molecule has 19 heteroatoms. The molecule has 3 aliphatic rings. The number of nitrogens with zero attached hydrogens (tertiary/aromatic N) is 7. The Bertz CT molecular complexity index is 2050. The maximum absolute atomic E-state index is 13.6. The number of benzene rings is 1. The van der Waals surface area contributed by atoms with Crippen LogP contribution in [-0.4, -0.2) is 94.7 Å². The zero-order chi connectivity index (χ0) is 34.1. The average Bonchev–Trinajstić information content (AvgIpc) is 3.38. The summed E-state index contributed by atoms with van der Waals surface area (Å²) in [6, 6.07) is 4.83. The van der Waals surface area contributed by atoms with Crippen LogP contribution in [-0.2, 0) is 31.8 Å². The number of hydrogen-bond acceptors (Lipinski definition) is 11. The number of nitrogens with one attached hydrogen (secondary N) is 1. The summed E-state index contributed by atoms with van der Waals surface area (Å²) in [7, 11) is -6.36. The summed E-state index contributed by atoms with van der Waals surface area (Å²) in [4.78, 5) is 13.5. The molecule has 0 unspecified atom stereocenters. The third-order valence-electron chi connectivity index (χ3n) is 8.14. The second-order valence-corrected chi connectivity index (χ2v) is 17.7. The number of hydrogen-bond donors (Lipinski definition) is 1. The molecule has 3 aromatic rings. The number of likely N-dealkylation sites (tertiary alicyclic amines) is 1. The van der Waals surface area contributed by atoms with Gasteiger partial charge in [-0.2, -0.15) is 19.4 Å². The summed E-state index contributed by atoms with van der Waals surface area (Å²) in [6.07, 6.45) is -0.764. The Hall–Kier alpha value is -3.57. The van der Waals surface area contributed by atoms with E-state index in [4.69, 9.17) is 4.74 Å². The fraction of sp³-hybridized carbons (Fsp3) is 0.536. The van der Waals surface area contributed by atoms with Crippen molar-refractivity contribution >= 4 is 54.0 Å². The van der Waals surface area contributed by atoms with Crippen LogP contribution in [0.3, 0.4) is 0 Å². The Kier molecular flexibility index (Phi) is 8.19. The summed E-state index contributed by atoms with van der Waals surface area (Å²) in [6.45, 7) is 5.32. The number of nitriles is 1. The largest absolute Gasteiger partial charge is 0.444 e. The molecule has 6 rings (SSSR count). The van der Waals surface area contributed by atoms with Crippen LogP contribution in [0.1, 0.15) is 57.0 Å². The van der Waals surface area contributed by atoms with Gasteiger partial charge < -0.3 is 9.64 Å². The minimum absolute atomic E-state index is 0.00766. The van der Waals surface area contributed by atoms with Gasteiger partial charge in [0.15, 0.2) is 10.0 Å². The first-order chi connectivity index (χ1) is 21.9. The van der Waals surface area contributed by atoms with Gasteiger partial charge in [-0.15, -0.1) is 10.2 Å². The Morgan fingerprint density at radius 2 is 1.89 bits per heavy atom. The number of halogens is 2. The van der Waals surface area contributed by atoms with E-state index in [-0.39, 0.29) is 48.2 Å². The highest BCUT2D eigenvalue weighted by Crippen LogP contribution is 2.40. The lowest BCUT2D eigenvalue weighted by molar-refractivity contribution is 0.0136. The van der Waals surface area contributed by atoms with Gasteiger partial charge in [-0.1, -0.05) is 17.4 Å². The zero-order valence-corrected chi connectivity index (χ0v) is 28.3. The molecule has 1 N–H and O–H groups in total. The van der Waals surface area contributed by atoms with E-state index in [1.54, 1.807) is 33.9 Å². The van der Waals surface area contributed by atoms with Gasteiger partial charge in [0, 0.05) is 44.2 Å². The normalized spacial score (nSPS) is 19.0. The van der Waals surface area contributed by atoms with E-state index < -0.39 is 54.0 Å². The quantitative estimate of drug-likeness (QED) is 0.364. The average molecular weight is 711 g/mol. The van der Waals surface area contributed by atoms with Crippen LogP contribution in [0.5, 0.6) is 0 Å². The SMILES string of the molecule is Cn1nc(-c2nnc(C(F)F)s2)c2cc(S(=O)(=O)NC3(C#N)CC3)cc(C3=CCN(S(=O)(=O)C4CN(C(=O)OC(C)(C)C)C4)CC3)c21. The maximum atomic E-state index is 13.6. The van der Waals surface area contributed by atoms with Crippen molar-refractivity contribution in [3.63, 3.8) is 0 Å². The Labute approximate surface area is 274 Å². The van der Waals surface area contributed by atoms with Crippen molar-refractivity contribution in [2.45, 2.75) is 67.7 Å². The number of rotatable bonds is 8. The number of alkyl halides is 2. The highest BCUT2D eigenvalue weighted by molar-refractivity contribution is 7.90. The molecule has 252 valence electrons. The van der Waals surface area contributed by atoms with Crippen molar-refractivity contribution in [3.8, 4) is 16.8 Å². The molecule has 1 saturated heterocycles. The number of aromatic nitrogens is 4. The summed E-state index contributed by atoms with van der Waals surface area (Å²) >= 11 is 0.642. The van der Waals surface area contributed by atoms with E-state index in [2.05, 4.69) is 20.0 Å². The summed E-state index contributed by atoms with van der Waals surface area (Å²) in [5.74, 6) is 0. The van der Waals surface area contributed by atoms with Crippen molar-refractivity contribution in [3.05, 3.63) is 28.8 Å². The van der Waals surface area contributed by atoms with Gasteiger partial charge in [0.2, 0.25) is 20.0 Å². The van der Waals surface area contributed by atoms with E-state index in [1.165, 1.54) is 26.0 Å². The second kappa shape index (κ2) is 11.5. The first-order valence-electron chi connectivity index (χ1n) is 14.7. The molecule has 14 nitrogen and oxygen atoms in total. The third-order valence-corrected chi connectivity index (χ3v) is 12.8. The van der Waals surface area contributed by atoms with Crippen molar-refractivity contribution in [1.82, 2.24) is 33.9 Å². The molecule has 1 saturated carbocycles. The Balaban J connectivity index is 1.33. The number of aryl methyl sites for hydroxylation is 1. The minimum atomic E-state index is -4.22. The molecule has 1 amide bonds. The third kappa shape index (κ3) is 6.36. The Morgan fingerprint density at radius 3 is 2.45 bits per heavy atom. The molecule has 0 spiro atoms. The fourth-order valence-corrected chi connectivity index (χ4v) is 9.40. The van der Waals surface area contributed by atoms with Crippen LogP contribution in [0.2, 0.25) is 0 Å². The van der Waals surface area contributed by atoms with E-state index in [9.17, 15) is 35.7 Å². The second-order valence-electron chi connectivity index (χ2n) is 12.8. The van der Waals surface area contributed by atoms with Crippen molar-refractivity contribution in [1.29, 1.82) is 5.26 Å². The van der Waals surface area contributed by atoms with E-state index in [0.29, 0.717) is 46.2 Å². The number of fused-ring (bicyclic) bond motifs is 1. The standard InChI is InChI=1S/C28H32F2N8O6S3/c1-27(2,3)44-26(39)37-13-18(14-37)47(42,43)38-9-5-16(6-10-38)19-11-17(46(40,41)35-28(15-31)7-8-28)12-20-21(34-36(4)22(19)20)24-32-33-25(45-24)23(29)30/h5,11-12,18,23,35H,6-10,13-14H2,1-4H3. The predicted molar refractivity (Wildman–Crippen MR) is 167 cm³/mol. The van der Waals surface area contributed by atoms with Gasteiger partial charge in [-0.3, -0.25) is 4.68 Å². The molecular formula is C28H32F2N8O6S3. The van der Waals surface area contributed by atoms with Crippen LogP contribution in [0.4, 0.5) is 13.6 Å². The van der Waals surface area contributed by atoms with Crippen LogP contribution in [0.15, 0.2) is 23.1 Å². The van der Waals surface area contributed by atoms with Gasteiger partial charge in [0.25, 0.3) is 6.43 Å². The summed E-state index contributed by atoms with van der Waals surface area (Å²) in [5, 5.41) is 20.5. The minimum Gasteiger partial charge on any atom is -0.444 e. The number of carbonyl (C=O) groups is 1. The number of sulfonamides is 2. The smallest absolute Gasteiger partial charge is 0.410 e. The molecule has 0 atom stereocenters. The molecule has 1 aliphatic carbocycles. The number of ether oxygens (including phenoxy) is 1. The highest BCUT2D eigenvalue weighted by atomic mass is 32.2. The van der Waals surface area contributed by atoms with Gasteiger partial charge in [0.05, 0.1) is 16.5 Å². The lowest BCUT2D eigenvalue weighted by Gasteiger charge is -2.41. The molecule has 0 radical (unpaired) electrons. The molecular weight excluding hydrogens is 679 g/mol. The van der Waals surface area contributed by atoms with Crippen LogP contribution in [0.25, 0.3) is 27.2 Å². The van der Waals surface area contributed by atoms with Crippen molar-refractivity contribution in [2.75, 3.05) is 26.2 Å². The molecule has 2 aliphatic heterocycles. The van der Waals surface area contributed by atoms with Gasteiger partial charge >= 0.3 is 6.09 Å². The van der Waals surface area contributed by atoms with E-state index >= 15 is 0 Å². The number of amides is 1. The van der Waals surface area contributed by atoms with Crippen LogP contribution >= 0.6 is 11.3 Å². The molecule has 2 aromatic heterocycles. The van der Waals surface area contributed by atoms with Crippen LogP contribution < -0.4 is 4.72 Å². The van der Waals surface area contributed by atoms with E-state index in [0.717, 1.165) is 0 Å². The summed E-state index contributed by atoms with van der Waals surface area (Å²) < 4.78 is 91.3. The van der Waals surface area contributed by atoms with Crippen molar-refractivity contribution < 1.29 is 35.1 Å². The lowest BCUT2D eigenvalue weighted by atomic mass is 9.97. The molecule has 0 bridgehead atoms. The molecule has 47 heavy (non-hydrogen) atoms. The lowest BCUT2D eigenvalue weighted by Crippen LogP contribution is -2.60. The first kappa shape index (κ1) is 33.3. The Morgan fingerprint density at radius 1 is 1.19 bits per heavy atom. The first-order valence-corrected chi connectivity index (χ1v) is 18.5. The molecule has 1 aromatic carbocycles. The summed E-state index contributed by atoms with van der Waals surface area (Å²) in [5.41, 5.74) is -0.139. The molecule has 2 fully saturated rings. The van der Waals surface area contributed by atoms with Gasteiger partial charge in [0.1, 0.15) is 22.1 Å². The molecule has 4 heterocycles. The van der Waals surface area contributed by atoms with E-state index in [1.807, 2.05) is 6.07 Å². The number of carbonyl (C=O) groups excluding carboxylic acids is 1. The fourth-order valence-electron chi connectivity index (χ4n) is 5.48. The van der Waals surface area contributed by atoms with Gasteiger partial charge in [-0.25, -0.2) is 30.4 Å². The van der Waals surface area contributed by atoms with Gasteiger partial charge in [-0.05, 0) is 57.7 Å². The predicted octanol–water partition coefficient (Wildman–Crippen LogP) is 3.40. The van der Waals surface area contributed by atoms with Crippen LogP contribution in [0, 0.1) is 11.3 Å². The highest BCUT2D eigenvalue weighted by Gasteiger charge is 2.47. The maximum Gasteiger partial charge on any atom is 0.410 e. The topological polar surface area (TPSA) is 180 Å². The monoisotopic (exact) mass is 710 g/mol.